The molecular weight excluding hydrogens is 478 g/mol. The van der Waals surface area contributed by atoms with Crippen molar-refractivity contribution in [2.45, 2.75) is 32.7 Å². The van der Waals surface area contributed by atoms with Gasteiger partial charge in [-0.05, 0) is 79.3 Å². The highest BCUT2D eigenvalue weighted by molar-refractivity contribution is 9.42. The van der Waals surface area contributed by atoms with Crippen molar-refractivity contribution < 1.29 is 13.2 Å². The number of hydrogen-bond acceptors (Lipinski definition) is 3. The quantitative estimate of drug-likeness (QED) is 0.652. The van der Waals surface area contributed by atoms with Gasteiger partial charge in [0.1, 0.15) is 0 Å². The normalized spacial score (nSPS) is 13.8. The van der Waals surface area contributed by atoms with Crippen LogP contribution in [0.25, 0.3) is 0 Å². The summed E-state index contributed by atoms with van der Waals surface area (Å²) in [6.07, 6.45) is 0.803. The van der Waals surface area contributed by atoms with Crippen LogP contribution in [0.3, 0.4) is 0 Å². The first-order valence-electron chi connectivity index (χ1n) is 5.82. The fraction of sp³-hybridized carbons (Fsp3) is 0.417. The molecule has 0 spiro atoms. The van der Waals surface area contributed by atoms with Crippen molar-refractivity contribution in [2.24, 2.45) is 0 Å². The molecule has 0 aliphatic carbocycles. The molecule has 0 saturated heterocycles. The van der Waals surface area contributed by atoms with Crippen molar-refractivity contribution in [3.8, 4) is 0 Å². The first kappa shape index (κ1) is 18.1. The lowest BCUT2D eigenvalue weighted by atomic mass is 10.2. The number of hydrogen-bond donors (Lipinski definition) is 1. The molecule has 1 N–H and O–H groups in total. The lowest BCUT2D eigenvalue weighted by Crippen LogP contribution is -2.32. The van der Waals surface area contributed by atoms with Crippen molar-refractivity contribution in [3.63, 3.8) is 0 Å². The summed E-state index contributed by atoms with van der Waals surface area (Å²) in [7, 11) is -3.70. The molecule has 0 aliphatic heterocycles. The Morgan fingerprint density at radius 2 is 1.95 bits per heavy atom. The summed E-state index contributed by atoms with van der Waals surface area (Å²) in [5.41, 5.74) is 0.308. The molecule has 0 aromatic heterocycles. The monoisotopic (exact) mass is 489 g/mol. The highest BCUT2D eigenvalue weighted by Gasteiger charge is 2.37. The van der Waals surface area contributed by atoms with Crippen molar-refractivity contribution in [3.05, 3.63) is 29.8 Å². The third-order valence-electron chi connectivity index (χ3n) is 2.70. The van der Waals surface area contributed by atoms with Gasteiger partial charge in [-0.1, -0.05) is 13.0 Å². The Balaban J connectivity index is 3.12. The lowest BCUT2D eigenvalue weighted by molar-refractivity contribution is 0.0939. The van der Waals surface area contributed by atoms with Crippen LogP contribution in [0, 0.1) is 0 Å². The van der Waals surface area contributed by atoms with Crippen molar-refractivity contribution in [1.82, 2.24) is 5.32 Å². The predicted molar refractivity (Wildman–Crippen MR) is 90.4 cm³/mol. The summed E-state index contributed by atoms with van der Waals surface area (Å²) in [5, 5.41) is 2.79. The van der Waals surface area contributed by atoms with E-state index in [0.29, 0.717) is 5.56 Å². The largest absolute Gasteiger partial charge is 0.350 e. The van der Waals surface area contributed by atoms with Crippen LogP contribution in [0.2, 0.25) is 0 Å². The zero-order chi connectivity index (χ0) is 15.6. The van der Waals surface area contributed by atoms with Gasteiger partial charge < -0.3 is 5.32 Å². The molecule has 1 aromatic carbocycles. The second-order valence-electron chi connectivity index (χ2n) is 4.26. The molecule has 1 rings (SSSR count). The fourth-order valence-corrected chi connectivity index (χ4v) is 3.84. The van der Waals surface area contributed by atoms with Gasteiger partial charge in [0.25, 0.3) is 5.91 Å². The van der Waals surface area contributed by atoms with Crippen LogP contribution < -0.4 is 5.32 Å². The Labute approximate surface area is 144 Å². The molecule has 0 bridgehead atoms. The van der Waals surface area contributed by atoms with E-state index in [2.05, 4.69) is 53.1 Å². The minimum Gasteiger partial charge on any atom is -0.350 e. The maximum absolute atomic E-state index is 12.2. The molecule has 1 unspecified atom stereocenters. The summed E-state index contributed by atoms with van der Waals surface area (Å²) in [4.78, 5) is 12.0. The molecular formula is C12H14Br3NO3S. The van der Waals surface area contributed by atoms with Crippen LogP contribution >= 0.6 is 47.8 Å². The van der Waals surface area contributed by atoms with E-state index >= 15 is 0 Å². The number of halogens is 3. The first-order valence-corrected chi connectivity index (χ1v) is 9.68. The fourth-order valence-electron chi connectivity index (χ4n) is 1.35. The van der Waals surface area contributed by atoms with Gasteiger partial charge in [-0.25, -0.2) is 8.42 Å². The SMILES string of the molecule is CCC(C)NC(=O)c1cccc(S(=O)(=O)C(Br)(Br)Br)c1. The third kappa shape index (κ3) is 4.29. The predicted octanol–water partition coefficient (Wildman–Crippen LogP) is 3.78. The second-order valence-corrected chi connectivity index (χ2v) is 14.7. The average molecular weight is 492 g/mol. The summed E-state index contributed by atoms with van der Waals surface area (Å²) in [6, 6.07) is 5.94. The number of carbonyl (C=O) groups is 1. The van der Waals surface area contributed by atoms with E-state index in [4.69, 9.17) is 0 Å². The first-order chi connectivity index (χ1) is 9.09. The second kappa shape index (κ2) is 6.89. The van der Waals surface area contributed by atoms with Crippen LogP contribution in [0.4, 0.5) is 0 Å². The van der Waals surface area contributed by atoms with Gasteiger partial charge in [0.2, 0.25) is 11.3 Å². The summed E-state index contributed by atoms with van der Waals surface area (Å²) in [6.45, 7) is 3.85. The number of benzene rings is 1. The van der Waals surface area contributed by atoms with Crippen molar-refractivity contribution in [1.29, 1.82) is 0 Å². The molecule has 1 atom stereocenters. The van der Waals surface area contributed by atoms with E-state index in [9.17, 15) is 13.2 Å². The van der Waals surface area contributed by atoms with Gasteiger partial charge in [-0.3, -0.25) is 4.79 Å². The lowest BCUT2D eigenvalue weighted by Gasteiger charge is -2.15. The number of amides is 1. The van der Waals surface area contributed by atoms with E-state index in [1.165, 1.54) is 18.2 Å². The average Bonchev–Trinajstić information content (AvgIpc) is 2.37. The molecule has 0 heterocycles. The number of nitrogens with one attached hydrogen (secondary N) is 1. The molecule has 1 amide bonds. The molecule has 0 saturated carbocycles. The molecule has 4 nitrogen and oxygen atoms in total. The van der Waals surface area contributed by atoms with Gasteiger partial charge in [-0.2, -0.15) is 0 Å². The maximum atomic E-state index is 12.2. The highest BCUT2D eigenvalue weighted by atomic mass is 80.0. The van der Waals surface area contributed by atoms with Crippen LogP contribution in [0.1, 0.15) is 30.6 Å². The number of alkyl halides is 3. The Kier molecular flexibility index (Phi) is 6.25. The smallest absolute Gasteiger partial charge is 0.251 e. The standard InChI is InChI=1S/C12H14Br3NO3S/c1-3-8(2)16-11(17)9-5-4-6-10(7-9)20(18,19)12(13,14)15/h4-8H,3H2,1-2H3,(H,16,17). The van der Waals surface area contributed by atoms with Crippen molar-refractivity contribution in [2.75, 3.05) is 0 Å². The van der Waals surface area contributed by atoms with E-state index in [0.717, 1.165) is 6.42 Å². The maximum Gasteiger partial charge on any atom is 0.251 e. The minimum atomic E-state index is -3.70. The molecule has 20 heavy (non-hydrogen) atoms. The Hall–Kier alpha value is 0.0800. The van der Waals surface area contributed by atoms with Crippen molar-refractivity contribution >= 4 is 63.5 Å². The van der Waals surface area contributed by atoms with Crippen LogP contribution in [-0.4, -0.2) is 21.8 Å². The van der Waals surface area contributed by atoms with Gasteiger partial charge in [0, 0.05) is 11.6 Å². The third-order valence-corrected chi connectivity index (χ3v) is 8.02. The van der Waals surface area contributed by atoms with Crippen LogP contribution in [0.15, 0.2) is 29.2 Å². The molecule has 1 aromatic rings. The topological polar surface area (TPSA) is 63.2 Å². The van der Waals surface area contributed by atoms with E-state index in [-0.39, 0.29) is 16.8 Å². The highest BCUT2D eigenvalue weighted by Crippen LogP contribution is 2.43. The summed E-state index contributed by atoms with van der Waals surface area (Å²) >= 11 is 8.98. The molecule has 0 radical (unpaired) electrons. The zero-order valence-electron chi connectivity index (χ0n) is 10.9. The molecule has 8 heteroatoms. The minimum absolute atomic E-state index is 0.0328. The number of rotatable bonds is 4. The Morgan fingerprint density at radius 3 is 2.45 bits per heavy atom. The van der Waals surface area contributed by atoms with E-state index in [1.54, 1.807) is 6.07 Å². The number of sulfone groups is 1. The van der Waals surface area contributed by atoms with Gasteiger partial charge in [0.05, 0.1) is 4.90 Å². The van der Waals surface area contributed by atoms with E-state index in [1.807, 2.05) is 13.8 Å². The Morgan fingerprint density at radius 1 is 1.35 bits per heavy atom. The Bertz CT molecular complexity index is 596. The summed E-state index contributed by atoms with van der Waals surface area (Å²) in [5.74, 6) is -0.291. The number of carbonyl (C=O) groups excluding carboxylic acids is 1. The van der Waals surface area contributed by atoms with Crippen LogP contribution in [-0.2, 0) is 9.84 Å². The van der Waals surface area contributed by atoms with E-state index < -0.39 is 11.3 Å². The molecule has 0 fully saturated rings. The van der Waals surface area contributed by atoms with Gasteiger partial charge in [0.15, 0.2) is 0 Å². The molecule has 112 valence electrons. The molecule has 0 aliphatic rings. The van der Waals surface area contributed by atoms with Crippen LogP contribution in [0.5, 0.6) is 0 Å². The summed E-state index contributed by atoms with van der Waals surface area (Å²) < 4.78 is 23.0. The van der Waals surface area contributed by atoms with Gasteiger partial charge in [-0.15, -0.1) is 0 Å². The van der Waals surface area contributed by atoms with Gasteiger partial charge >= 0.3 is 0 Å². The zero-order valence-corrected chi connectivity index (χ0v) is 16.4.